The van der Waals surface area contributed by atoms with Crippen molar-refractivity contribution in [3.05, 3.63) is 57.9 Å². The lowest BCUT2D eigenvalue weighted by Gasteiger charge is -2.04. The van der Waals surface area contributed by atoms with Gasteiger partial charge in [-0.2, -0.15) is 0 Å². The number of thiophene rings is 1. The molecule has 0 fully saturated rings. The summed E-state index contributed by atoms with van der Waals surface area (Å²) >= 11 is 1.81. The minimum absolute atomic E-state index is 0. The third kappa shape index (κ3) is 3.23. The first-order valence-electron chi connectivity index (χ1n) is 6.64. The summed E-state index contributed by atoms with van der Waals surface area (Å²) in [6, 6.07) is 12.8. The van der Waals surface area contributed by atoms with Gasteiger partial charge in [-0.05, 0) is 43.0 Å². The molecule has 2 nitrogen and oxygen atoms in total. The van der Waals surface area contributed by atoms with E-state index >= 15 is 0 Å². The summed E-state index contributed by atoms with van der Waals surface area (Å²) in [5, 5.41) is 7.00. The zero-order valence-electron chi connectivity index (χ0n) is 11.5. The molecule has 0 aliphatic rings. The average Bonchev–Trinajstić information content (AvgIpc) is 3.02. The molecule has 3 rings (SSSR count). The van der Waals surface area contributed by atoms with Crippen LogP contribution in [0, 0.1) is 6.92 Å². The van der Waals surface area contributed by atoms with Crippen molar-refractivity contribution in [3.63, 3.8) is 0 Å². The van der Waals surface area contributed by atoms with Crippen LogP contribution in [0.5, 0.6) is 0 Å². The predicted octanol–water partition coefficient (Wildman–Crippen LogP) is 4.29. The number of fused-ring (bicyclic) bond motifs is 1. The van der Waals surface area contributed by atoms with E-state index < -0.39 is 0 Å². The number of hydrogen-bond donors (Lipinski definition) is 2. The first kappa shape index (κ1) is 15.1. The Morgan fingerprint density at radius 3 is 2.80 bits per heavy atom. The van der Waals surface area contributed by atoms with E-state index in [1.165, 1.54) is 27.0 Å². The van der Waals surface area contributed by atoms with Crippen LogP contribution in [0.4, 0.5) is 0 Å². The van der Waals surface area contributed by atoms with Crippen LogP contribution in [0.2, 0.25) is 0 Å². The van der Waals surface area contributed by atoms with Gasteiger partial charge in [-0.1, -0.05) is 24.3 Å². The summed E-state index contributed by atoms with van der Waals surface area (Å²) in [6.45, 7) is 4.15. The van der Waals surface area contributed by atoms with E-state index in [0.29, 0.717) is 0 Å². The van der Waals surface area contributed by atoms with Crippen LogP contribution in [0.15, 0.2) is 41.8 Å². The van der Waals surface area contributed by atoms with Gasteiger partial charge in [0, 0.05) is 28.0 Å². The first-order chi connectivity index (χ1) is 9.34. The second-order valence-electron chi connectivity index (χ2n) is 4.78. The molecule has 0 aliphatic heterocycles. The summed E-state index contributed by atoms with van der Waals surface area (Å²) in [7, 11) is 0. The number of benzene rings is 1. The van der Waals surface area contributed by atoms with Crippen molar-refractivity contribution < 1.29 is 0 Å². The highest BCUT2D eigenvalue weighted by Gasteiger charge is 2.06. The maximum absolute atomic E-state index is 3.51. The highest BCUT2D eigenvalue weighted by atomic mass is 35.5. The van der Waals surface area contributed by atoms with Crippen LogP contribution in [-0.2, 0) is 13.0 Å². The predicted molar refractivity (Wildman–Crippen MR) is 90.0 cm³/mol. The molecule has 2 N–H and O–H groups in total. The van der Waals surface area contributed by atoms with Crippen molar-refractivity contribution >= 4 is 34.6 Å². The smallest absolute Gasteiger partial charge is 0.0458 e. The number of halogens is 1. The lowest BCUT2D eigenvalue weighted by molar-refractivity contribution is 0.693. The SMILES string of the molecule is Cc1[nH]c2ccccc2c1CCNCc1cccs1.Cl. The Hall–Kier alpha value is -1.29. The maximum Gasteiger partial charge on any atom is 0.0458 e. The topological polar surface area (TPSA) is 27.8 Å². The molecule has 4 heteroatoms. The molecule has 0 saturated carbocycles. The van der Waals surface area contributed by atoms with Gasteiger partial charge < -0.3 is 10.3 Å². The molecule has 2 aromatic heterocycles. The number of aromatic nitrogens is 1. The molecule has 106 valence electrons. The van der Waals surface area contributed by atoms with E-state index in [9.17, 15) is 0 Å². The molecule has 1 aromatic carbocycles. The zero-order valence-corrected chi connectivity index (χ0v) is 13.1. The Morgan fingerprint density at radius 1 is 1.15 bits per heavy atom. The summed E-state index contributed by atoms with van der Waals surface area (Å²) < 4.78 is 0. The van der Waals surface area contributed by atoms with Gasteiger partial charge in [0.05, 0.1) is 0 Å². The fraction of sp³-hybridized carbons (Fsp3) is 0.250. The van der Waals surface area contributed by atoms with Crippen molar-refractivity contribution in [1.29, 1.82) is 0 Å². The summed E-state index contributed by atoms with van der Waals surface area (Å²) in [5.41, 5.74) is 3.97. The largest absolute Gasteiger partial charge is 0.358 e. The van der Waals surface area contributed by atoms with Crippen LogP contribution in [-0.4, -0.2) is 11.5 Å². The van der Waals surface area contributed by atoms with Crippen LogP contribution in [0.25, 0.3) is 10.9 Å². The molecule has 0 atom stereocenters. The molecule has 0 aliphatic carbocycles. The Balaban J connectivity index is 0.00000147. The second kappa shape index (κ2) is 6.93. The van der Waals surface area contributed by atoms with Gasteiger partial charge in [0.1, 0.15) is 0 Å². The van der Waals surface area contributed by atoms with Crippen LogP contribution in [0.3, 0.4) is 0 Å². The van der Waals surface area contributed by atoms with Crippen molar-refractivity contribution in [2.24, 2.45) is 0 Å². The Bertz CT molecular complexity index is 658. The molecule has 0 saturated heterocycles. The number of para-hydroxylation sites is 1. The third-order valence-electron chi connectivity index (χ3n) is 3.46. The van der Waals surface area contributed by atoms with Gasteiger partial charge in [0.2, 0.25) is 0 Å². The number of hydrogen-bond acceptors (Lipinski definition) is 2. The van der Waals surface area contributed by atoms with E-state index in [1.54, 1.807) is 0 Å². The van der Waals surface area contributed by atoms with Crippen LogP contribution >= 0.6 is 23.7 Å². The number of aromatic amines is 1. The third-order valence-corrected chi connectivity index (χ3v) is 4.33. The van der Waals surface area contributed by atoms with Gasteiger partial charge in [0.15, 0.2) is 0 Å². The van der Waals surface area contributed by atoms with Crippen LogP contribution in [0.1, 0.15) is 16.1 Å². The number of H-pyrrole nitrogens is 1. The maximum atomic E-state index is 3.51. The van der Waals surface area contributed by atoms with Crippen molar-refractivity contribution in [3.8, 4) is 0 Å². The Morgan fingerprint density at radius 2 is 2.00 bits per heavy atom. The van der Waals surface area contributed by atoms with E-state index in [4.69, 9.17) is 0 Å². The normalized spacial score (nSPS) is 10.7. The summed E-state index contributed by atoms with van der Waals surface area (Å²) in [6.07, 6.45) is 1.07. The van der Waals surface area contributed by atoms with Crippen molar-refractivity contribution in [1.82, 2.24) is 10.3 Å². The molecule has 0 amide bonds. The lowest BCUT2D eigenvalue weighted by Crippen LogP contribution is -2.16. The molecule has 0 radical (unpaired) electrons. The fourth-order valence-corrected chi connectivity index (χ4v) is 3.17. The molecular formula is C16H19ClN2S. The minimum Gasteiger partial charge on any atom is -0.358 e. The summed E-state index contributed by atoms with van der Waals surface area (Å²) in [4.78, 5) is 4.85. The second-order valence-corrected chi connectivity index (χ2v) is 5.81. The van der Waals surface area contributed by atoms with E-state index in [1.807, 2.05) is 11.3 Å². The van der Waals surface area contributed by atoms with Gasteiger partial charge in [-0.3, -0.25) is 0 Å². The lowest BCUT2D eigenvalue weighted by atomic mass is 10.1. The molecule has 0 bridgehead atoms. The first-order valence-corrected chi connectivity index (χ1v) is 7.52. The molecule has 3 aromatic rings. The molecule has 2 heterocycles. The summed E-state index contributed by atoms with van der Waals surface area (Å²) in [5.74, 6) is 0. The van der Waals surface area contributed by atoms with E-state index in [2.05, 4.69) is 59.0 Å². The quantitative estimate of drug-likeness (QED) is 0.676. The van der Waals surface area contributed by atoms with Crippen molar-refractivity contribution in [2.75, 3.05) is 6.54 Å². The molecular weight excluding hydrogens is 288 g/mol. The number of aryl methyl sites for hydroxylation is 1. The highest BCUT2D eigenvalue weighted by Crippen LogP contribution is 2.21. The van der Waals surface area contributed by atoms with Gasteiger partial charge in [-0.15, -0.1) is 23.7 Å². The molecule has 20 heavy (non-hydrogen) atoms. The van der Waals surface area contributed by atoms with Gasteiger partial charge in [0.25, 0.3) is 0 Å². The molecule has 0 unspecified atom stereocenters. The fourth-order valence-electron chi connectivity index (χ4n) is 2.50. The van der Waals surface area contributed by atoms with E-state index in [-0.39, 0.29) is 12.4 Å². The Kier molecular flexibility index (Phi) is 5.24. The van der Waals surface area contributed by atoms with Crippen molar-refractivity contribution in [2.45, 2.75) is 19.9 Å². The van der Waals surface area contributed by atoms with Gasteiger partial charge >= 0.3 is 0 Å². The monoisotopic (exact) mass is 306 g/mol. The minimum atomic E-state index is 0. The standard InChI is InChI=1S/C16H18N2S.ClH/c1-12-14(15-6-2-3-7-16(15)18-12)8-9-17-11-13-5-4-10-19-13;/h2-7,10,17-18H,8-9,11H2,1H3;1H. The number of rotatable bonds is 5. The molecule has 0 spiro atoms. The number of nitrogens with one attached hydrogen (secondary N) is 2. The van der Waals surface area contributed by atoms with Crippen LogP contribution < -0.4 is 5.32 Å². The zero-order chi connectivity index (χ0) is 13.1. The van der Waals surface area contributed by atoms with E-state index in [0.717, 1.165) is 19.5 Å². The van der Waals surface area contributed by atoms with Gasteiger partial charge in [-0.25, -0.2) is 0 Å². The highest BCUT2D eigenvalue weighted by molar-refractivity contribution is 7.09. The Labute approximate surface area is 129 Å². The average molecular weight is 307 g/mol.